The first-order valence-electron chi connectivity index (χ1n) is 3.42. The van der Waals surface area contributed by atoms with Crippen LogP contribution in [0.3, 0.4) is 0 Å². The van der Waals surface area contributed by atoms with Crippen LogP contribution in [-0.2, 0) is 9.53 Å². The highest BCUT2D eigenvalue weighted by Crippen LogP contribution is 2.13. The predicted octanol–water partition coefficient (Wildman–Crippen LogP) is -0.317. The highest BCUT2D eigenvalue weighted by molar-refractivity contribution is 5.70. The summed E-state index contributed by atoms with van der Waals surface area (Å²) in [6, 6.07) is 0. The molecule has 0 bridgehead atoms. The molecule has 0 spiro atoms. The van der Waals surface area contributed by atoms with E-state index in [1.165, 1.54) is 14.0 Å². The summed E-state index contributed by atoms with van der Waals surface area (Å²) in [6.07, 6.45) is 0.103. The summed E-state index contributed by atoms with van der Waals surface area (Å²) in [6.45, 7) is 1.35. The molecular weight excluding hydrogens is 148 g/mol. The van der Waals surface area contributed by atoms with Gasteiger partial charge in [-0.25, -0.2) is 0 Å². The number of methoxy groups -OCH3 is 1. The fourth-order valence-electron chi connectivity index (χ4n) is 0.712. The largest absolute Gasteiger partial charge is 0.469 e. The van der Waals surface area contributed by atoms with Crippen LogP contribution in [0.1, 0.15) is 19.8 Å². The molecule has 0 aromatic rings. The predicted molar refractivity (Wildman–Crippen MR) is 39.0 cm³/mol. The van der Waals surface area contributed by atoms with E-state index in [0.717, 1.165) is 0 Å². The average Bonchev–Trinajstić information content (AvgIpc) is 1.86. The third-order valence-corrected chi connectivity index (χ3v) is 1.40. The van der Waals surface area contributed by atoms with Crippen LogP contribution in [0.15, 0.2) is 0 Å². The Morgan fingerprint density at radius 1 is 1.64 bits per heavy atom. The van der Waals surface area contributed by atoms with Gasteiger partial charge in [-0.2, -0.15) is 0 Å². The van der Waals surface area contributed by atoms with Crippen LogP contribution in [0.25, 0.3) is 0 Å². The highest BCUT2D eigenvalue weighted by atomic mass is 16.5. The van der Waals surface area contributed by atoms with E-state index < -0.39 is 11.6 Å². The lowest BCUT2D eigenvalue weighted by Gasteiger charge is -2.19. The number of rotatable bonds is 4. The van der Waals surface area contributed by atoms with Crippen molar-refractivity contribution in [2.45, 2.75) is 25.4 Å². The second kappa shape index (κ2) is 4.31. The Bertz CT molecular complexity index is 130. The minimum atomic E-state index is -1.15. The van der Waals surface area contributed by atoms with Crippen LogP contribution in [0.4, 0.5) is 0 Å². The molecule has 2 N–H and O–H groups in total. The summed E-state index contributed by atoms with van der Waals surface area (Å²) in [5, 5.41) is 17.8. The van der Waals surface area contributed by atoms with Crippen molar-refractivity contribution in [3.63, 3.8) is 0 Å². The lowest BCUT2D eigenvalue weighted by atomic mass is 9.99. The standard InChI is InChI=1S/C7H14O4/c1-7(10,3-4-8)5-6(9)11-2/h8,10H,3-5H2,1-2H3/t7-/m0/s1. The Balaban J connectivity index is 3.80. The van der Waals surface area contributed by atoms with Gasteiger partial charge in [-0.15, -0.1) is 0 Å². The number of aliphatic hydroxyl groups excluding tert-OH is 1. The van der Waals surface area contributed by atoms with E-state index in [1.807, 2.05) is 0 Å². The van der Waals surface area contributed by atoms with Gasteiger partial charge < -0.3 is 14.9 Å². The SMILES string of the molecule is COC(=O)C[C@@](C)(O)CCO. The van der Waals surface area contributed by atoms with Crippen molar-refractivity contribution >= 4 is 5.97 Å². The fourth-order valence-corrected chi connectivity index (χ4v) is 0.712. The van der Waals surface area contributed by atoms with Gasteiger partial charge in [0, 0.05) is 6.61 Å². The monoisotopic (exact) mass is 162 g/mol. The molecule has 0 saturated heterocycles. The van der Waals surface area contributed by atoms with Gasteiger partial charge in [0.15, 0.2) is 0 Å². The van der Waals surface area contributed by atoms with Crippen molar-refractivity contribution in [2.75, 3.05) is 13.7 Å². The fraction of sp³-hybridized carbons (Fsp3) is 0.857. The second-order valence-corrected chi connectivity index (χ2v) is 2.72. The van der Waals surface area contributed by atoms with E-state index in [2.05, 4.69) is 4.74 Å². The Morgan fingerprint density at radius 3 is 2.55 bits per heavy atom. The van der Waals surface area contributed by atoms with Crippen LogP contribution >= 0.6 is 0 Å². The molecule has 0 aromatic heterocycles. The summed E-state index contributed by atoms with van der Waals surface area (Å²) in [7, 11) is 1.26. The second-order valence-electron chi connectivity index (χ2n) is 2.72. The third kappa shape index (κ3) is 4.75. The molecule has 0 amide bonds. The molecular formula is C7H14O4. The highest BCUT2D eigenvalue weighted by Gasteiger charge is 2.23. The molecule has 0 aliphatic rings. The molecule has 0 saturated carbocycles. The molecule has 1 atom stereocenters. The zero-order chi connectivity index (χ0) is 8.91. The topological polar surface area (TPSA) is 66.8 Å². The van der Waals surface area contributed by atoms with Crippen molar-refractivity contribution in [1.29, 1.82) is 0 Å². The Labute approximate surface area is 65.8 Å². The van der Waals surface area contributed by atoms with E-state index in [4.69, 9.17) is 5.11 Å². The maximum absolute atomic E-state index is 10.6. The van der Waals surface area contributed by atoms with E-state index in [-0.39, 0.29) is 19.4 Å². The van der Waals surface area contributed by atoms with E-state index >= 15 is 0 Å². The molecule has 0 radical (unpaired) electrons. The first-order valence-corrected chi connectivity index (χ1v) is 3.42. The van der Waals surface area contributed by atoms with Crippen LogP contribution in [0.2, 0.25) is 0 Å². The van der Waals surface area contributed by atoms with Gasteiger partial charge in [0.1, 0.15) is 0 Å². The Kier molecular flexibility index (Phi) is 4.07. The maximum atomic E-state index is 10.6. The van der Waals surface area contributed by atoms with Crippen molar-refractivity contribution in [1.82, 2.24) is 0 Å². The first kappa shape index (κ1) is 10.4. The first-order chi connectivity index (χ1) is 5.02. The van der Waals surface area contributed by atoms with E-state index in [1.54, 1.807) is 0 Å². The quantitative estimate of drug-likeness (QED) is 0.556. The minimum Gasteiger partial charge on any atom is -0.469 e. The molecule has 0 rings (SSSR count). The summed E-state index contributed by atoms with van der Waals surface area (Å²) >= 11 is 0. The van der Waals surface area contributed by atoms with Gasteiger partial charge in [-0.1, -0.05) is 0 Å². The Hall–Kier alpha value is -0.610. The molecule has 4 heteroatoms. The molecule has 4 nitrogen and oxygen atoms in total. The summed E-state index contributed by atoms with van der Waals surface area (Å²) in [4.78, 5) is 10.6. The molecule has 66 valence electrons. The number of hydrogen-bond donors (Lipinski definition) is 2. The maximum Gasteiger partial charge on any atom is 0.308 e. The van der Waals surface area contributed by atoms with Crippen LogP contribution in [0.5, 0.6) is 0 Å². The lowest BCUT2D eigenvalue weighted by Crippen LogP contribution is -2.29. The van der Waals surface area contributed by atoms with Crippen molar-refractivity contribution < 1.29 is 19.7 Å². The zero-order valence-electron chi connectivity index (χ0n) is 6.83. The van der Waals surface area contributed by atoms with Crippen molar-refractivity contribution in [3.8, 4) is 0 Å². The summed E-state index contributed by atoms with van der Waals surface area (Å²) < 4.78 is 4.35. The normalized spacial score (nSPS) is 15.6. The summed E-state index contributed by atoms with van der Waals surface area (Å²) in [5.74, 6) is -0.469. The van der Waals surface area contributed by atoms with Gasteiger partial charge in [-0.3, -0.25) is 4.79 Å². The third-order valence-electron chi connectivity index (χ3n) is 1.40. The lowest BCUT2D eigenvalue weighted by molar-refractivity contribution is -0.146. The molecule has 0 aliphatic carbocycles. The summed E-state index contributed by atoms with van der Waals surface area (Å²) in [5.41, 5.74) is -1.15. The molecule has 0 fully saturated rings. The number of carbonyl (C=O) groups excluding carboxylic acids is 1. The zero-order valence-corrected chi connectivity index (χ0v) is 6.83. The van der Waals surface area contributed by atoms with Gasteiger partial charge in [0.05, 0.1) is 19.1 Å². The van der Waals surface area contributed by atoms with Crippen LogP contribution < -0.4 is 0 Å². The van der Waals surface area contributed by atoms with Gasteiger partial charge in [0.25, 0.3) is 0 Å². The van der Waals surface area contributed by atoms with Gasteiger partial charge in [-0.05, 0) is 13.3 Å². The molecule has 0 aromatic carbocycles. The van der Waals surface area contributed by atoms with Crippen molar-refractivity contribution in [2.24, 2.45) is 0 Å². The minimum absolute atomic E-state index is 0.0793. The molecule has 0 unspecified atom stereocenters. The number of aliphatic hydroxyl groups is 2. The van der Waals surface area contributed by atoms with E-state index in [9.17, 15) is 9.90 Å². The molecule has 0 heterocycles. The van der Waals surface area contributed by atoms with E-state index in [0.29, 0.717) is 0 Å². The number of ether oxygens (including phenoxy) is 1. The Morgan fingerprint density at radius 2 is 2.18 bits per heavy atom. The van der Waals surface area contributed by atoms with Gasteiger partial charge in [0.2, 0.25) is 0 Å². The van der Waals surface area contributed by atoms with Crippen molar-refractivity contribution in [3.05, 3.63) is 0 Å². The number of hydrogen-bond acceptors (Lipinski definition) is 4. The van der Waals surface area contributed by atoms with Crippen LogP contribution in [0, 0.1) is 0 Å². The van der Waals surface area contributed by atoms with Crippen LogP contribution in [-0.4, -0.2) is 35.5 Å². The number of esters is 1. The number of carbonyl (C=O) groups is 1. The molecule has 0 aliphatic heterocycles. The average molecular weight is 162 g/mol. The molecule has 11 heavy (non-hydrogen) atoms. The smallest absolute Gasteiger partial charge is 0.308 e. The van der Waals surface area contributed by atoms with Gasteiger partial charge >= 0.3 is 5.97 Å².